The van der Waals surface area contributed by atoms with E-state index in [0.717, 1.165) is 6.54 Å². The summed E-state index contributed by atoms with van der Waals surface area (Å²) in [6.07, 6.45) is 3.89. The van der Waals surface area contributed by atoms with Crippen LogP contribution in [0.2, 0.25) is 0 Å². The topological polar surface area (TPSA) is 15.3 Å². The zero-order valence-electron chi connectivity index (χ0n) is 12.3. The van der Waals surface area contributed by atoms with E-state index >= 15 is 0 Å². The second-order valence-corrected chi connectivity index (χ2v) is 6.82. The minimum absolute atomic E-state index is 0.551. The molecule has 0 aromatic heterocycles. The average Bonchev–Trinajstić information content (AvgIpc) is 2.41. The van der Waals surface area contributed by atoms with Crippen LogP contribution in [0, 0.1) is 5.41 Å². The van der Waals surface area contributed by atoms with Crippen molar-refractivity contribution in [2.45, 2.75) is 39.7 Å². The number of benzene rings is 1. The van der Waals surface area contributed by atoms with Crippen LogP contribution in [0.15, 0.2) is 22.7 Å². The molecule has 0 radical (unpaired) electrons. The smallest absolute Gasteiger partial charge is 0.0510 e. The van der Waals surface area contributed by atoms with Crippen molar-refractivity contribution in [3.8, 4) is 0 Å². The largest absolute Gasteiger partial charge is 0.371 e. The van der Waals surface area contributed by atoms with Crippen LogP contribution >= 0.6 is 15.9 Å². The number of halogens is 1. The van der Waals surface area contributed by atoms with Gasteiger partial charge in [0.2, 0.25) is 0 Å². The molecule has 1 heterocycles. The molecule has 1 aromatic rings. The zero-order chi connectivity index (χ0) is 13.9. The number of nitrogens with one attached hydrogen (secondary N) is 1. The first-order valence-electron chi connectivity index (χ1n) is 7.26. The van der Waals surface area contributed by atoms with Crippen LogP contribution in [-0.4, -0.2) is 20.1 Å². The third kappa shape index (κ3) is 3.51. The Morgan fingerprint density at radius 1 is 1.32 bits per heavy atom. The number of piperidine rings is 1. The van der Waals surface area contributed by atoms with Crippen molar-refractivity contribution in [1.29, 1.82) is 0 Å². The van der Waals surface area contributed by atoms with Gasteiger partial charge in [0.05, 0.1) is 5.69 Å². The van der Waals surface area contributed by atoms with Crippen molar-refractivity contribution in [3.63, 3.8) is 0 Å². The van der Waals surface area contributed by atoms with Gasteiger partial charge >= 0.3 is 0 Å². The number of rotatable bonds is 4. The zero-order valence-corrected chi connectivity index (χ0v) is 13.9. The predicted octanol–water partition coefficient (Wildman–Crippen LogP) is 4.19. The molecule has 3 heteroatoms. The number of nitrogens with zero attached hydrogens (tertiary/aromatic N) is 1. The highest BCUT2D eigenvalue weighted by molar-refractivity contribution is 9.10. The maximum absolute atomic E-state index is 3.73. The van der Waals surface area contributed by atoms with E-state index in [1.165, 1.54) is 48.1 Å². The second kappa shape index (κ2) is 6.27. The van der Waals surface area contributed by atoms with Crippen LogP contribution in [0.25, 0.3) is 0 Å². The van der Waals surface area contributed by atoms with Crippen molar-refractivity contribution in [2.24, 2.45) is 5.41 Å². The summed E-state index contributed by atoms with van der Waals surface area (Å²) in [4.78, 5) is 2.52. The van der Waals surface area contributed by atoms with Crippen LogP contribution in [-0.2, 0) is 6.54 Å². The summed E-state index contributed by atoms with van der Waals surface area (Å²) in [6.45, 7) is 8.02. The van der Waals surface area contributed by atoms with Gasteiger partial charge in [-0.05, 0) is 58.9 Å². The third-order valence-electron chi connectivity index (χ3n) is 4.56. The Morgan fingerprint density at radius 3 is 2.53 bits per heavy atom. The van der Waals surface area contributed by atoms with E-state index in [-0.39, 0.29) is 0 Å². The average molecular weight is 325 g/mol. The normalized spacial score (nSPS) is 18.6. The van der Waals surface area contributed by atoms with Gasteiger partial charge in [-0.3, -0.25) is 0 Å². The predicted molar refractivity (Wildman–Crippen MR) is 86.8 cm³/mol. The van der Waals surface area contributed by atoms with Gasteiger partial charge in [0.25, 0.3) is 0 Å². The molecule has 0 saturated carbocycles. The highest BCUT2D eigenvalue weighted by Crippen LogP contribution is 2.37. The highest BCUT2D eigenvalue weighted by Gasteiger charge is 2.28. The standard InChI is InChI=1S/C16H25BrN2/c1-4-16(2)7-9-19(10-8-16)15-6-5-13(12-18-3)11-14(15)17/h5-6,11,18H,4,7-10,12H2,1-3H3. The molecule has 0 bridgehead atoms. The molecule has 2 rings (SSSR count). The summed E-state index contributed by atoms with van der Waals surface area (Å²) in [7, 11) is 1.98. The van der Waals surface area contributed by atoms with Gasteiger partial charge in [0.15, 0.2) is 0 Å². The molecular weight excluding hydrogens is 300 g/mol. The Kier molecular flexibility index (Phi) is 4.91. The molecule has 106 valence electrons. The van der Waals surface area contributed by atoms with E-state index in [4.69, 9.17) is 0 Å². The molecule has 0 unspecified atom stereocenters. The molecule has 19 heavy (non-hydrogen) atoms. The summed E-state index contributed by atoms with van der Waals surface area (Å²) in [5, 5.41) is 3.19. The summed E-state index contributed by atoms with van der Waals surface area (Å²) < 4.78 is 1.22. The lowest BCUT2D eigenvalue weighted by atomic mass is 9.78. The van der Waals surface area contributed by atoms with Crippen molar-refractivity contribution < 1.29 is 0 Å². The third-order valence-corrected chi connectivity index (χ3v) is 5.19. The molecule has 1 aliphatic heterocycles. The van der Waals surface area contributed by atoms with Crippen LogP contribution in [0.5, 0.6) is 0 Å². The first kappa shape index (κ1) is 14.9. The van der Waals surface area contributed by atoms with Gasteiger partial charge in [0, 0.05) is 24.1 Å². The Hall–Kier alpha value is -0.540. The maximum atomic E-state index is 3.73. The van der Waals surface area contributed by atoms with Crippen LogP contribution < -0.4 is 10.2 Å². The molecule has 0 spiro atoms. The summed E-state index contributed by atoms with van der Waals surface area (Å²) in [5.74, 6) is 0. The van der Waals surface area contributed by atoms with Crippen LogP contribution in [0.4, 0.5) is 5.69 Å². The SMILES string of the molecule is CCC1(C)CCN(c2ccc(CNC)cc2Br)CC1. The van der Waals surface area contributed by atoms with E-state index in [2.05, 4.69) is 58.2 Å². The molecule has 1 fully saturated rings. The Morgan fingerprint density at radius 2 is 2.00 bits per heavy atom. The van der Waals surface area contributed by atoms with Gasteiger partial charge < -0.3 is 10.2 Å². The lowest BCUT2D eigenvalue weighted by Gasteiger charge is -2.40. The van der Waals surface area contributed by atoms with Crippen LogP contribution in [0.3, 0.4) is 0 Å². The fourth-order valence-electron chi connectivity index (χ4n) is 2.76. The van der Waals surface area contributed by atoms with E-state index in [9.17, 15) is 0 Å². The summed E-state index contributed by atoms with van der Waals surface area (Å²) in [6, 6.07) is 6.72. The van der Waals surface area contributed by atoms with E-state index in [1.54, 1.807) is 0 Å². The molecular formula is C16H25BrN2. The fraction of sp³-hybridized carbons (Fsp3) is 0.625. The number of hydrogen-bond donors (Lipinski definition) is 1. The minimum Gasteiger partial charge on any atom is -0.371 e. The first-order valence-corrected chi connectivity index (χ1v) is 8.05. The molecule has 0 aliphatic carbocycles. The molecule has 2 nitrogen and oxygen atoms in total. The van der Waals surface area contributed by atoms with Crippen molar-refractivity contribution >= 4 is 21.6 Å². The fourth-order valence-corrected chi connectivity index (χ4v) is 3.44. The van der Waals surface area contributed by atoms with Gasteiger partial charge in [-0.2, -0.15) is 0 Å². The lowest BCUT2D eigenvalue weighted by Crippen LogP contribution is -2.38. The van der Waals surface area contributed by atoms with Gasteiger partial charge in [-0.1, -0.05) is 26.3 Å². The Balaban J connectivity index is 2.07. The number of hydrogen-bond acceptors (Lipinski definition) is 2. The number of anilines is 1. The molecule has 1 N–H and O–H groups in total. The molecule has 1 saturated heterocycles. The summed E-state index contributed by atoms with van der Waals surface area (Å²) in [5.41, 5.74) is 3.22. The highest BCUT2D eigenvalue weighted by atomic mass is 79.9. The van der Waals surface area contributed by atoms with E-state index < -0.39 is 0 Å². The monoisotopic (exact) mass is 324 g/mol. The molecule has 0 atom stereocenters. The quantitative estimate of drug-likeness (QED) is 0.893. The summed E-state index contributed by atoms with van der Waals surface area (Å²) >= 11 is 3.73. The minimum atomic E-state index is 0.551. The molecule has 1 aromatic carbocycles. The molecule has 0 amide bonds. The van der Waals surface area contributed by atoms with E-state index in [0.29, 0.717) is 5.41 Å². The second-order valence-electron chi connectivity index (χ2n) is 5.97. The Labute approximate surface area is 125 Å². The van der Waals surface area contributed by atoms with Gasteiger partial charge in [-0.25, -0.2) is 0 Å². The van der Waals surface area contributed by atoms with Gasteiger partial charge in [0.1, 0.15) is 0 Å². The Bertz CT molecular complexity index is 423. The first-order chi connectivity index (χ1) is 9.08. The van der Waals surface area contributed by atoms with Crippen LogP contribution in [0.1, 0.15) is 38.7 Å². The van der Waals surface area contributed by atoms with E-state index in [1.807, 2.05) is 7.05 Å². The van der Waals surface area contributed by atoms with Gasteiger partial charge in [-0.15, -0.1) is 0 Å². The lowest BCUT2D eigenvalue weighted by molar-refractivity contribution is 0.238. The molecule has 1 aliphatic rings. The maximum Gasteiger partial charge on any atom is 0.0510 e. The van der Waals surface area contributed by atoms with Crippen molar-refractivity contribution in [1.82, 2.24) is 5.32 Å². The van der Waals surface area contributed by atoms with Crippen molar-refractivity contribution in [3.05, 3.63) is 28.2 Å². The van der Waals surface area contributed by atoms with Crippen molar-refractivity contribution in [2.75, 3.05) is 25.0 Å².